The van der Waals surface area contributed by atoms with Crippen LogP contribution in [-0.2, 0) is 6.42 Å². The third-order valence-corrected chi connectivity index (χ3v) is 3.04. The van der Waals surface area contributed by atoms with E-state index in [1.807, 2.05) is 19.9 Å². The number of rotatable bonds is 8. The zero-order valence-corrected chi connectivity index (χ0v) is 12.2. The minimum Gasteiger partial charge on any atom is -0.491 e. The van der Waals surface area contributed by atoms with Crippen LogP contribution in [0.25, 0.3) is 0 Å². The Morgan fingerprint density at radius 2 is 2.11 bits per heavy atom. The molecule has 1 rings (SSSR count). The predicted octanol–water partition coefficient (Wildman–Crippen LogP) is 2.44. The smallest absolute Gasteiger partial charge is 0.165 e. The number of nitrogens with two attached hydrogens (primary N) is 1. The molecule has 108 valence electrons. The Bertz CT molecular complexity index is 382. The van der Waals surface area contributed by atoms with Gasteiger partial charge in [-0.15, -0.1) is 0 Å². The highest BCUT2D eigenvalue weighted by atomic mass is 19.1. The second-order valence-corrected chi connectivity index (χ2v) is 5.02. The second-order valence-electron chi connectivity index (χ2n) is 5.02. The van der Waals surface area contributed by atoms with Crippen LogP contribution in [0.5, 0.6) is 5.75 Å². The SMILES string of the molecule is CCOc1ccc(CCN(C)CCC(C)N)cc1F. The lowest BCUT2D eigenvalue weighted by Crippen LogP contribution is -2.27. The summed E-state index contributed by atoms with van der Waals surface area (Å²) in [7, 11) is 2.06. The van der Waals surface area contributed by atoms with Gasteiger partial charge >= 0.3 is 0 Å². The van der Waals surface area contributed by atoms with Gasteiger partial charge in [0.2, 0.25) is 0 Å². The van der Waals surface area contributed by atoms with Crippen LogP contribution in [0, 0.1) is 5.82 Å². The molecule has 0 bridgehead atoms. The van der Waals surface area contributed by atoms with Crippen LogP contribution < -0.4 is 10.5 Å². The Balaban J connectivity index is 2.43. The molecule has 3 nitrogen and oxygen atoms in total. The first kappa shape index (κ1) is 15.9. The maximum absolute atomic E-state index is 13.7. The first-order valence-electron chi connectivity index (χ1n) is 6.88. The zero-order valence-electron chi connectivity index (χ0n) is 12.2. The van der Waals surface area contributed by atoms with Crippen LogP contribution in [0.2, 0.25) is 0 Å². The molecule has 0 aliphatic carbocycles. The van der Waals surface area contributed by atoms with Crippen molar-refractivity contribution in [2.24, 2.45) is 5.73 Å². The van der Waals surface area contributed by atoms with Gasteiger partial charge in [-0.25, -0.2) is 4.39 Å². The number of hydrogen-bond donors (Lipinski definition) is 1. The highest BCUT2D eigenvalue weighted by Crippen LogP contribution is 2.18. The minimum absolute atomic E-state index is 0.227. The van der Waals surface area contributed by atoms with E-state index in [1.165, 1.54) is 0 Å². The van der Waals surface area contributed by atoms with Crippen molar-refractivity contribution < 1.29 is 9.13 Å². The predicted molar refractivity (Wildman–Crippen MR) is 77.0 cm³/mol. The lowest BCUT2D eigenvalue weighted by Gasteiger charge is -2.17. The summed E-state index contributed by atoms with van der Waals surface area (Å²) in [5.41, 5.74) is 6.72. The standard InChI is InChI=1S/C15H25FN2O/c1-4-19-15-6-5-13(11-14(15)16)8-10-18(3)9-7-12(2)17/h5-6,11-12H,4,7-10,17H2,1-3H3. The zero-order chi connectivity index (χ0) is 14.3. The van der Waals surface area contributed by atoms with Crippen molar-refractivity contribution >= 4 is 0 Å². The Hall–Kier alpha value is -1.13. The van der Waals surface area contributed by atoms with Gasteiger partial charge in [-0.2, -0.15) is 0 Å². The van der Waals surface area contributed by atoms with Crippen LogP contribution in [0.15, 0.2) is 18.2 Å². The fourth-order valence-electron chi connectivity index (χ4n) is 1.83. The lowest BCUT2D eigenvalue weighted by molar-refractivity contribution is 0.318. The number of benzene rings is 1. The molecule has 0 aromatic heterocycles. The fourth-order valence-corrected chi connectivity index (χ4v) is 1.83. The highest BCUT2D eigenvalue weighted by Gasteiger charge is 2.06. The second kappa shape index (κ2) is 8.12. The molecule has 0 heterocycles. The molecular weight excluding hydrogens is 243 g/mol. The molecule has 0 aliphatic heterocycles. The third-order valence-electron chi connectivity index (χ3n) is 3.04. The van der Waals surface area contributed by atoms with E-state index < -0.39 is 0 Å². The summed E-state index contributed by atoms with van der Waals surface area (Å²) >= 11 is 0. The van der Waals surface area contributed by atoms with Crippen LogP contribution in [0.3, 0.4) is 0 Å². The number of likely N-dealkylation sites (N-methyl/N-ethyl adjacent to an activating group) is 1. The number of halogens is 1. The molecule has 0 spiro atoms. The molecule has 0 radical (unpaired) electrons. The topological polar surface area (TPSA) is 38.5 Å². The van der Waals surface area contributed by atoms with Gasteiger partial charge in [-0.1, -0.05) is 6.07 Å². The van der Waals surface area contributed by atoms with Gasteiger partial charge in [0.1, 0.15) is 0 Å². The third kappa shape index (κ3) is 6.03. The summed E-state index contributed by atoms with van der Waals surface area (Å²) in [4.78, 5) is 2.22. The van der Waals surface area contributed by atoms with E-state index in [9.17, 15) is 4.39 Å². The lowest BCUT2D eigenvalue weighted by atomic mass is 10.1. The monoisotopic (exact) mass is 268 g/mol. The van der Waals surface area contributed by atoms with E-state index in [-0.39, 0.29) is 11.9 Å². The van der Waals surface area contributed by atoms with Crippen molar-refractivity contribution in [3.8, 4) is 5.75 Å². The van der Waals surface area contributed by atoms with Crippen molar-refractivity contribution in [3.63, 3.8) is 0 Å². The molecule has 1 aromatic carbocycles. The van der Waals surface area contributed by atoms with E-state index in [0.717, 1.165) is 31.5 Å². The van der Waals surface area contributed by atoms with Crippen LogP contribution in [-0.4, -0.2) is 37.7 Å². The summed E-state index contributed by atoms with van der Waals surface area (Å²) in [5, 5.41) is 0. The van der Waals surface area contributed by atoms with Crippen LogP contribution in [0.4, 0.5) is 4.39 Å². The van der Waals surface area contributed by atoms with E-state index in [0.29, 0.717) is 12.4 Å². The van der Waals surface area contributed by atoms with Crippen molar-refractivity contribution in [1.29, 1.82) is 0 Å². The first-order chi connectivity index (χ1) is 9.02. The van der Waals surface area contributed by atoms with E-state index in [4.69, 9.17) is 10.5 Å². The van der Waals surface area contributed by atoms with Crippen molar-refractivity contribution in [2.45, 2.75) is 32.7 Å². The fraction of sp³-hybridized carbons (Fsp3) is 0.600. The largest absolute Gasteiger partial charge is 0.491 e. The molecule has 0 fully saturated rings. The molecule has 0 aliphatic rings. The molecule has 19 heavy (non-hydrogen) atoms. The maximum Gasteiger partial charge on any atom is 0.165 e. The highest BCUT2D eigenvalue weighted by molar-refractivity contribution is 5.29. The quantitative estimate of drug-likeness (QED) is 0.787. The summed E-state index contributed by atoms with van der Waals surface area (Å²) in [5.74, 6) is 0.0501. The van der Waals surface area contributed by atoms with Gasteiger partial charge < -0.3 is 15.4 Å². The normalized spacial score (nSPS) is 12.7. The molecule has 0 saturated heterocycles. The summed E-state index contributed by atoms with van der Waals surface area (Å²) in [6.45, 7) is 6.21. The Labute approximate surface area is 115 Å². The van der Waals surface area contributed by atoms with E-state index >= 15 is 0 Å². The molecule has 0 saturated carbocycles. The first-order valence-corrected chi connectivity index (χ1v) is 6.88. The van der Waals surface area contributed by atoms with E-state index in [1.54, 1.807) is 12.1 Å². The molecule has 1 unspecified atom stereocenters. The van der Waals surface area contributed by atoms with Crippen molar-refractivity contribution in [2.75, 3.05) is 26.7 Å². The van der Waals surface area contributed by atoms with Gasteiger partial charge in [0.25, 0.3) is 0 Å². The Kier molecular flexibility index (Phi) is 6.81. The maximum atomic E-state index is 13.7. The van der Waals surface area contributed by atoms with Gasteiger partial charge in [-0.05, 0) is 58.0 Å². The van der Waals surface area contributed by atoms with Gasteiger partial charge in [0, 0.05) is 12.6 Å². The molecule has 1 aromatic rings. The molecule has 1 atom stereocenters. The number of ether oxygens (including phenoxy) is 1. The molecule has 0 amide bonds. The van der Waals surface area contributed by atoms with Crippen molar-refractivity contribution in [1.82, 2.24) is 4.90 Å². The molecule has 4 heteroatoms. The summed E-state index contributed by atoms with van der Waals surface area (Å²) < 4.78 is 18.8. The summed E-state index contributed by atoms with van der Waals surface area (Å²) in [6.07, 6.45) is 1.81. The average molecular weight is 268 g/mol. The summed E-state index contributed by atoms with van der Waals surface area (Å²) in [6, 6.07) is 5.42. The minimum atomic E-state index is -0.280. The number of nitrogens with zero attached hydrogens (tertiary/aromatic N) is 1. The van der Waals surface area contributed by atoms with Gasteiger partial charge in [0.05, 0.1) is 6.61 Å². The van der Waals surface area contributed by atoms with Gasteiger partial charge in [-0.3, -0.25) is 0 Å². The Morgan fingerprint density at radius 3 is 2.68 bits per heavy atom. The molecule has 2 N–H and O–H groups in total. The number of hydrogen-bond acceptors (Lipinski definition) is 3. The van der Waals surface area contributed by atoms with Gasteiger partial charge in [0.15, 0.2) is 11.6 Å². The van der Waals surface area contributed by atoms with E-state index in [2.05, 4.69) is 11.9 Å². The van der Waals surface area contributed by atoms with Crippen molar-refractivity contribution in [3.05, 3.63) is 29.6 Å². The molecular formula is C15H25FN2O. The van der Waals surface area contributed by atoms with Crippen LogP contribution >= 0.6 is 0 Å². The van der Waals surface area contributed by atoms with Crippen LogP contribution in [0.1, 0.15) is 25.8 Å². The average Bonchev–Trinajstić information content (AvgIpc) is 2.37. The Morgan fingerprint density at radius 1 is 1.37 bits per heavy atom.